The zero-order valence-corrected chi connectivity index (χ0v) is 12.1. The molecule has 0 radical (unpaired) electrons. The summed E-state index contributed by atoms with van der Waals surface area (Å²) in [5.41, 5.74) is 0. The van der Waals surface area contributed by atoms with E-state index in [1.807, 2.05) is 0 Å². The predicted octanol–water partition coefficient (Wildman–Crippen LogP) is 0.166. The third kappa shape index (κ3) is 8.55. The van der Waals surface area contributed by atoms with Gasteiger partial charge in [0, 0.05) is 13.1 Å². The molecule has 2 fully saturated rings. The summed E-state index contributed by atoms with van der Waals surface area (Å²) in [6.45, 7) is 8.44. The van der Waals surface area contributed by atoms with Gasteiger partial charge in [0.25, 0.3) is 0 Å². The van der Waals surface area contributed by atoms with Gasteiger partial charge in [-0.15, -0.1) is 0 Å². The van der Waals surface area contributed by atoms with Crippen molar-refractivity contribution in [2.24, 2.45) is 0 Å². The summed E-state index contributed by atoms with van der Waals surface area (Å²) < 4.78 is 5.15. The minimum Gasteiger partial charge on any atom is -0.395 e. The van der Waals surface area contributed by atoms with Crippen LogP contribution in [0.3, 0.4) is 0 Å². The van der Waals surface area contributed by atoms with Crippen molar-refractivity contribution in [3.63, 3.8) is 0 Å². The van der Waals surface area contributed by atoms with Gasteiger partial charge < -0.3 is 24.7 Å². The summed E-state index contributed by atoms with van der Waals surface area (Å²) in [5.74, 6) is 0. The van der Waals surface area contributed by atoms with Crippen LogP contribution in [0.25, 0.3) is 0 Å². The van der Waals surface area contributed by atoms with E-state index in [1.54, 1.807) is 0 Å². The van der Waals surface area contributed by atoms with E-state index in [4.69, 9.17) is 14.9 Å². The standard InChI is InChI=1S/C8H17NO2.C6H13NO/c10-6-8-11-7-5-9-3-1-2-4-9;8-6-5-7-3-1-2-4-7/h10H,1-8H2;8H,1-6H2. The average molecular weight is 274 g/mol. The van der Waals surface area contributed by atoms with E-state index in [0.717, 1.165) is 19.7 Å². The SMILES string of the molecule is OCCN1CCCC1.OCCOCCN1CCCC1. The van der Waals surface area contributed by atoms with Crippen LogP contribution >= 0.6 is 0 Å². The molecule has 0 spiro atoms. The summed E-state index contributed by atoms with van der Waals surface area (Å²) in [5, 5.41) is 16.9. The Kier molecular flexibility index (Phi) is 10.3. The van der Waals surface area contributed by atoms with E-state index >= 15 is 0 Å². The first-order chi connectivity index (χ1) is 9.36. The highest BCUT2D eigenvalue weighted by molar-refractivity contribution is 4.65. The quantitative estimate of drug-likeness (QED) is 0.648. The maximum absolute atomic E-state index is 8.48. The molecule has 2 N–H and O–H groups in total. The molecule has 2 aliphatic heterocycles. The summed E-state index contributed by atoms with van der Waals surface area (Å²) in [6.07, 6.45) is 5.31. The van der Waals surface area contributed by atoms with Gasteiger partial charge in [-0.25, -0.2) is 0 Å². The van der Waals surface area contributed by atoms with Crippen LogP contribution in [0.5, 0.6) is 0 Å². The molecule has 0 aromatic carbocycles. The molecular weight excluding hydrogens is 244 g/mol. The fraction of sp³-hybridized carbons (Fsp3) is 1.00. The Morgan fingerprint density at radius 3 is 1.68 bits per heavy atom. The first-order valence-corrected chi connectivity index (χ1v) is 7.61. The first kappa shape index (κ1) is 16.9. The number of β-amino-alcohol motifs (C(OH)–C–C–N with tert-alkyl or cyclic N) is 1. The molecule has 0 atom stereocenters. The van der Waals surface area contributed by atoms with E-state index < -0.39 is 0 Å². The van der Waals surface area contributed by atoms with Gasteiger partial charge in [0.05, 0.1) is 26.4 Å². The molecule has 0 unspecified atom stereocenters. The van der Waals surface area contributed by atoms with Crippen molar-refractivity contribution in [2.75, 3.05) is 65.7 Å². The van der Waals surface area contributed by atoms with Gasteiger partial charge in [-0.3, -0.25) is 0 Å². The lowest BCUT2D eigenvalue weighted by molar-refractivity contribution is 0.0781. The highest BCUT2D eigenvalue weighted by atomic mass is 16.5. The third-order valence-electron chi connectivity index (χ3n) is 3.60. The van der Waals surface area contributed by atoms with E-state index in [2.05, 4.69) is 9.80 Å². The highest BCUT2D eigenvalue weighted by Gasteiger charge is 2.10. The Bertz CT molecular complexity index is 193. The molecule has 0 saturated carbocycles. The summed E-state index contributed by atoms with van der Waals surface area (Å²) in [7, 11) is 0. The van der Waals surface area contributed by atoms with Crippen LogP contribution in [-0.4, -0.2) is 85.7 Å². The number of aliphatic hydroxyl groups excluding tert-OH is 2. The van der Waals surface area contributed by atoms with Crippen molar-refractivity contribution in [3.05, 3.63) is 0 Å². The monoisotopic (exact) mass is 274 g/mol. The minimum absolute atomic E-state index is 0.139. The molecule has 0 amide bonds. The smallest absolute Gasteiger partial charge is 0.0698 e. The molecule has 2 rings (SSSR count). The van der Waals surface area contributed by atoms with Gasteiger partial charge in [0.15, 0.2) is 0 Å². The van der Waals surface area contributed by atoms with Crippen LogP contribution in [0.2, 0.25) is 0 Å². The Morgan fingerprint density at radius 1 is 0.684 bits per heavy atom. The van der Waals surface area contributed by atoms with Gasteiger partial charge >= 0.3 is 0 Å². The van der Waals surface area contributed by atoms with Crippen LogP contribution in [0.15, 0.2) is 0 Å². The second kappa shape index (κ2) is 11.6. The maximum Gasteiger partial charge on any atom is 0.0698 e. The van der Waals surface area contributed by atoms with E-state index in [9.17, 15) is 0 Å². The second-order valence-corrected chi connectivity index (χ2v) is 5.16. The fourth-order valence-corrected chi connectivity index (χ4v) is 2.51. The molecule has 5 heteroatoms. The number of rotatable bonds is 7. The number of likely N-dealkylation sites (tertiary alicyclic amines) is 2. The lowest BCUT2D eigenvalue weighted by Crippen LogP contribution is -2.24. The summed E-state index contributed by atoms with van der Waals surface area (Å²) in [4.78, 5) is 4.69. The number of nitrogens with zero attached hydrogens (tertiary/aromatic N) is 2. The molecular formula is C14H30N2O3. The minimum atomic E-state index is 0.139. The Balaban J connectivity index is 0.000000200. The topological polar surface area (TPSA) is 56.2 Å². The van der Waals surface area contributed by atoms with Crippen molar-refractivity contribution in [2.45, 2.75) is 25.7 Å². The van der Waals surface area contributed by atoms with Crippen LogP contribution < -0.4 is 0 Å². The van der Waals surface area contributed by atoms with Crippen molar-refractivity contribution in [3.8, 4) is 0 Å². The lowest BCUT2D eigenvalue weighted by Gasteiger charge is -2.13. The van der Waals surface area contributed by atoms with E-state index in [0.29, 0.717) is 13.2 Å². The lowest BCUT2D eigenvalue weighted by atomic mass is 10.4. The second-order valence-electron chi connectivity index (χ2n) is 5.16. The highest BCUT2D eigenvalue weighted by Crippen LogP contribution is 2.06. The zero-order valence-electron chi connectivity index (χ0n) is 12.1. The van der Waals surface area contributed by atoms with E-state index in [1.165, 1.54) is 51.9 Å². The summed E-state index contributed by atoms with van der Waals surface area (Å²) in [6, 6.07) is 0. The van der Waals surface area contributed by atoms with Crippen molar-refractivity contribution in [1.29, 1.82) is 0 Å². The fourth-order valence-electron chi connectivity index (χ4n) is 2.51. The largest absolute Gasteiger partial charge is 0.395 e. The van der Waals surface area contributed by atoms with E-state index in [-0.39, 0.29) is 6.61 Å². The molecule has 5 nitrogen and oxygen atoms in total. The Labute approximate surface area is 117 Å². The normalized spacial score (nSPS) is 20.5. The van der Waals surface area contributed by atoms with Crippen molar-refractivity contribution < 1.29 is 14.9 Å². The van der Waals surface area contributed by atoms with Crippen molar-refractivity contribution in [1.82, 2.24) is 9.80 Å². The predicted molar refractivity (Wildman–Crippen MR) is 76.3 cm³/mol. The Hall–Kier alpha value is -0.200. The number of hydrogen-bond donors (Lipinski definition) is 2. The van der Waals surface area contributed by atoms with Crippen LogP contribution in [0.4, 0.5) is 0 Å². The molecule has 0 aromatic rings. The van der Waals surface area contributed by atoms with Gasteiger partial charge in [0.1, 0.15) is 0 Å². The molecule has 2 saturated heterocycles. The number of ether oxygens (including phenoxy) is 1. The Morgan fingerprint density at radius 2 is 1.21 bits per heavy atom. The first-order valence-electron chi connectivity index (χ1n) is 7.61. The number of aliphatic hydroxyl groups is 2. The molecule has 114 valence electrons. The van der Waals surface area contributed by atoms with Gasteiger partial charge in [-0.05, 0) is 51.9 Å². The molecule has 2 aliphatic rings. The van der Waals surface area contributed by atoms with Crippen molar-refractivity contribution >= 4 is 0 Å². The molecule has 0 aliphatic carbocycles. The summed E-state index contributed by atoms with van der Waals surface area (Å²) >= 11 is 0. The molecule has 0 aromatic heterocycles. The van der Waals surface area contributed by atoms with Crippen LogP contribution in [-0.2, 0) is 4.74 Å². The number of hydrogen-bond acceptors (Lipinski definition) is 5. The molecule has 0 bridgehead atoms. The molecule has 19 heavy (non-hydrogen) atoms. The van der Waals surface area contributed by atoms with Gasteiger partial charge in [-0.1, -0.05) is 0 Å². The average Bonchev–Trinajstić information content (AvgIpc) is 3.09. The molecule has 2 heterocycles. The maximum atomic E-state index is 8.48. The van der Waals surface area contributed by atoms with Gasteiger partial charge in [-0.2, -0.15) is 0 Å². The van der Waals surface area contributed by atoms with Crippen LogP contribution in [0.1, 0.15) is 25.7 Å². The zero-order chi connectivity index (χ0) is 13.8. The van der Waals surface area contributed by atoms with Gasteiger partial charge in [0.2, 0.25) is 0 Å². The van der Waals surface area contributed by atoms with Crippen LogP contribution in [0, 0.1) is 0 Å². The third-order valence-corrected chi connectivity index (χ3v) is 3.60.